The summed E-state index contributed by atoms with van der Waals surface area (Å²) in [6.45, 7) is 2.35. The van der Waals surface area contributed by atoms with Gasteiger partial charge in [0.25, 0.3) is 0 Å². The maximum atomic E-state index is 12.3. The fourth-order valence-electron chi connectivity index (χ4n) is 3.64. The van der Waals surface area contributed by atoms with Gasteiger partial charge in [-0.25, -0.2) is 4.79 Å². The number of amides is 2. The van der Waals surface area contributed by atoms with E-state index in [1.54, 1.807) is 0 Å². The van der Waals surface area contributed by atoms with Gasteiger partial charge in [-0.1, -0.05) is 48.6 Å². The largest absolute Gasteiger partial charge is 0.390 e. The standard InChI is InChI=1S/C21H23N3O2/c25-19-13-16-5-1-2-6-18(16)20(19)23-21(26)22-14-15-7-9-17(10-8-15)24-11-3-4-12-24/h1-10,19-20,25H,11-14H2,(H2,22,23,26)/t19-,20+/m1/s1. The Bertz CT molecular complexity index is 808. The summed E-state index contributed by atoms with van der Waals surface area (Å²) in [5, 5.41) is 16.0. The fourth-order valence-corrected chi connectivity index (χ4v) is 3.64. The summed E-state index contributed by atoms with van der Waals surface area (Å²) < 4.78 is 0. The third-order valence-corrected chi connectivity index (χ3v) is 5.06. The molecule has 2 aliphatic rings. The molecular weight excluding hydrogens is 326 g/mol. The highest BCUT2D eigenvalue weighted by Gasteiger charge is 2.31. The van der Waals surface area contributed by atoms with Crippen molar-refractivity contribution in [1.29, 1.82) is 0 Å². The summed E-state index contributed by atoms with van der Waals surface area (Å²) in [5.41, 5.74) is 4.33. The summed E-state index contributed by atoms with van der Waals surface area (Å²) in [7, 11) is 0. The van der Waals surface area contributed by atoms with E-state index < -0.39 is 6.10 Å². The van der Waals surface area contributed by atoms with E-state index in [9.17, 15) is 9.90 Å². The van der Waals surface area contributed by atoms with Crippen molar-refractivity contribution in [2.24, 2.45) is 0 Å². The molecule has 0 saturated carbocycles. The first-order valence-corrected chi connectivity index (χ1v) is 9.00. The lowest BCUT2D eigenvalue weighted by molar-refractivity contribution is 0.142. The molecule has 0 saturated heterocycles. The van der Waals surface area contributed by atoms with Crippen LogP contribution in [0.5, 0.6) is 0 Å². The molecular formula is C21H23N3O2. The van der Waals surface area contributed by atoms with Gasteiger partial charge in [0.2, 0.25) is 0 Å². The highest BCUT2D eigenvalue weighted by molar-refractivity contribution is 5.74. The Balaban J connectivity index is 1.31. The Morgan fingerprint density at radius 2 is 1.81 bits per heavy atom. The number of rotatable bonds is 4. The molecule has 5 nitrogen and oxygen atoms in total. The van der Waals surface area contributed by atoms with Crippen LogP contribution in [0.25, 0.3) is 0 Å². The molecule has 0 aromatic heterocycles. The number of aliphatic hydroxyl groups excluding tert-OH is 1. The number of nitrogens with one attached hydrogen (secondary N) is 2. The SMILES string of the molecule is O=C(NCc1ccc(N2CC=CC2)cc1)N[C@H]1c2ccccc2C[C@H]1O. The van der Waals surface area contributed by atoms with E-state index in [1.165, 1.54) is 5.69 Å². The Hall–Kier alpha value is -2.79. The van der Waals surface area contributed by atoms with E-state index >= 15 is 0 Å². The van der Waals surface area contributed by atoms with Crippen molar-refractivity contribution in [3.05, 3.63) is 77.4 Å². The van der Waals surface area contributed by atoms with Crippen molar-refractivity contribution in [2.75, 3.05) is 18.0 Å². The molecule has 2 aromatic rings. The minimum Gasteiger partial charge on any atom is -0.390 e. The van der Waals surface area contributed by atoms with Crippen molar-refractivity contribution in [1.82, 2.24) is 10.6 Å². The monoisotopic (exact) mass is 349 g/mol. The zero-order valence-corrected chi connectivity index (χ0v) is 14.6. The molecule has 2 amide bonds. The van der Waals surface area contributed by atoms with Crippen molar-refractivity contribution in [2.45, 2.75) is 25.1 Å². The van der Waals surface area contributed by atoms with Crippen LogP contribution in [0.2, 0.25) is 0 Å². The number of anilines is 1. The zero-order valence-electron chi connectivity index (χ0n) is 14.6. The number of carbonyl (C=O) groups is 1. The number of urea groups is 1. The molecule has 3 N–H and O–H groups in total. The summed E-state index contributed by atoms with van der Waals surface area (Å²) >= 11 is 0. The number of carbonyl (C=O) groups excluding carboxylic acids is 1. The van der Waals surface area contributed by atoms with Gasteiger partial charge in [-0.05, 0) is 28.8 Å². The molecule has 4 rings (SSSR count). The minimum absolute atomic E-state index is 0.265. The van der Waals surface area contributed by atoms with Crippen LogP contribution < -0.4 is 15.5 Å². The van der Waals surface area contributed by atoms with E-state index in [-0.39, 0.29) is 12.1 Å². The van der Waals surface area contributed by atoms with Crippen LogP contribution in [0.4, 0.5) is 10.5 Å². The van der Waals surface area contributed by atoms with Crippen molar-refractivity contribution in [3.8, 4) is 0 Å². The maximum Gasteiger partial charge on any atom is 0.315 e. The first kappa shape index (κ1) is 16.7. The van der Waals surface area contributed by atoms with Gasteiger partial charge >= 0.3 is 6.03 Å². The van der Waals surface area contributed by atoms with Gasteiger partial charge in [-0.3, -0.25) is 0 Å². The van der Waals surface area contributed by atoms with Gasteiger partial charge in [-0.2, -0.15) is 0 Å². The Morgan fingerprint density at radius 1 is 1.08 bits per heavy atom. The third-order valence-electron chi connectivity index (χ3n) is 5.06. The zero-order chi connectivity index (χ0) is 17.9. The molecule has 0 spiro atoms. The predicted molar refractivity (Wildman–Crippen MR) is 102 cm³/mol. The van der Waals surface area contributed by atoms with Crippen molar-refractivity contribution in [3.63, 3.8) is 0 Å². The molecule has 2 aromatic carbocycles. The first-order valence-electron chi connectivity index (χ1n) is 9.00. The molecule has 1 aliphatic heterocycles. The van der Waals surface area contributed by atoms with E-state index in [0.717, 1.165) is 29.8 Å². The second-order valence-corrected chi connectivity index (χ2v) is 6.82. The lowest BCUT2D eigenvalue weighted by atomic mass is 10.1. The topological polar surface area (TPSA) is 64.6 Å². The molecule has 1 heterocycles. The summed E-state index contributed by atoms with van der Waals surface area (Å²) in [4.78, 5) is 14.5. The predicted octanol–water partition coefficient (Wildman–Crippen LogP) is 2.52. The second kappa shape index (κ2) is 7.22. The lowest BCUT2D eigenvalue weighted by Crippen LogP contribution is -2.40. The van der Waals surface area contributed by atoms with E-state index in [0.29, 0.717) is 13.0 Å². The van der Waals surface area contributed by atoms with Crippen molar-refractivity contribution < 1.29 is 9.90 Å². The highest BCUT2D eigenvalue weighted by atomic mass is 16.3. The summed E-state index contributed by atoms with van der Waals surface area (Å²) in [6.07, 6.45) is 4.32. The molecule has 2 atom stereocenters. The Morgan fingerprint density at radius 3 is 2.58 bits per heavy atom. The van der Waals surface area contributed by atoms with Crippen LogP contribution in [-0.2, 0) is 13.0 Å². The molecule has 0 fully saturated rings. The molecule has 5 heteroatoms. The van der Waals surface area contributed by atoms with Gasteiger partial charge in [0.05, 0.1) is 12.1 Å². The Labute approximate surface area is 153 Å². The van der Waals surface area contributed by atoms with Crippen LogP contribution in [-0.4, -0.2) is 30.3 Å². The van der Waals surface area contributed by atoms with E-state index in [4.69, 9.17) is 0 Å². The van der Waals surface area contributed by atoms with Gasteiger partial charge in [0.1, 0.15) is 0 Å². The van der Waals surface area contributed by atoms with E-state index in [2.05, 4.69) is 39.8 Å². The number of hydrogen-bond donors (Lipinski definition) is 3. The smallest absolute Gasteiger partial charge is 0.315 e. The number of fused-ring (bicyclic) bond motifs is 1. The molecule has 0 bridgehead atoms. The normalized spacial score (nSPS) is 20.9. The maximum absolute atomic E-state index is 12.3. The molecule has 134 valence electrons. The van der Waals surface area contributed by atoms with Crippen LogP contribution >= 0.6 is 0 Å². The minimum atomic E-state index is -0.577. The molecule has 0 unspecified atom stereocenters. The molecule has 0 radical (unpaired) electrons. The van der Waals surface area contributed by atoms with Crippen LogP contribution in [0.15, 0.2) is 60.7 Å². The van der Waals surface area contributed by atoms with Gasteiger partial charge < -0.3 is 20.6 Å². The van der Waals surface area contributed by atoms with Crippen LogP contribution in [0, 0.1) is 0 Å². The fraction of sp³-hybridized carbons (Fsp3) is 0.286. The van der Waals surface area contributed by atoms with Gasteiger partial charge in [0.15, 0.2) is 0 Å². The number of benzene rings is 2. The molecule has 26 heavy (non-hydrogen) atoms. The van der Waals surface area contributed by atoms with E-state index in [1.807, 2.05) is 36.4 Å². The summed E-state index contributed by atoms with van der Waals surface area (Å²) in [5.74, 6) is 0. The van der Waals surface area contributed by atoms with Crippen molar-refractivity contribution >= 4 is 11.7 Å². The average Bonchev–Trinajstić information content (AvgIpc) is 3.29. The Kier molecular flexibility index (Phi) is 4.63. The van der Waals surface area contributed by atoms with Gasteiger partial charge in [-0.15, -0.1) is 0 Å². The van der Waals surface area contributed by atoms with Crippen LogP contribution in [0.3, 0.4) is 0 Å². The highest BCUT2D eigenvalue weighted by Crippen LogP contribution is 2.31. The second-order valence-electron chi connectivity index (χ2n) is 6.82. The van der Waals surface area contributed by atoms with Gasteiger partial charge in [0, 0.05) is 31.7 Å². The number of aliphatic hydroxyl groups is 1. The lowest BCUT2D eigenvalue weighted by Gasteiger charge is -2.19. The number of hydrogen-bond acceptors (Lipinski definition) is 3. The van der Waals surface area contributed by atoms with Crippen LogP contribution in [0.1, 0.15) is 22.7 Å². The molecule has 1 aliphatic carbocycles. The third kappa shape index (κ3) is 3.44. The summed E-state index contributed by atoms with van der Waals surface area (Å²) in [6, 6.07) is 15.5. The average molecular weight is 349 g/mol. The number of nitrogens with zero attached hydrogens (tertiary/aromatic N) is 1. The quantitative estimate of drug-likeness (QED) is 0.743. The first-order chi connectivity index (χ1) is 12.7.